The number of hydrogen-bond acceptors (Lipinski definition) is 2. The van der Waals surface area contributed by atoms with Crippen LogP contribution in [0.2, 0.25) is 0 Å². The van der Waals surface area contributed by atoms with E-state index >= 15 is 0 Å². The maximum atomic E-state index is 12.7. The summed E-state index contributed by atoms with van der Waals surface area (Å²) in [6.07, 6.45) is 1.09. The zero-order valence-electron chi connectivity index (χ0n) is 12.9. The highest BCUT2D eigenvalue weighted by Crippen LogP contribution is 2.30. The molecule has 0 N–H and O–H groups in total. The molecule has 3 nitrogen and oxygen atoms in total. The van der Waals surface area contributed by atoms with E-state index < -0.39 is 10.0 Å². The summed E-state index contributed by atoms with van der Waals surface area (Å²) in [6.45, 7) is 6.91. The Balaban J connectivity index is 2.20. The molecule has 0 aliphatic carbocycles. The molecule has 3 atom stereocenters. The Morgan fingerprint density at radius 1 is 1.24 bits per heavy atom. The second kappa shape index (κ2) is 6.67. The first-order chi connectivity index (χ1) is 9.83. The van der Waals surface area contributed by atoms with E-state index in [1.807, 2.05) is 31.2 Å². The van der Waals surface area contributed by atoms with Crippen LogP contribution in [0.1, 0.15) is 38.3 Å². The number of rotatable bonds is 4. The monoisotopic (exact) mass is 329 g/mol. The van der Waals surface area contributed by atoms with E-state index in [4.69, 9.17) is 11.6 Å². The third-order valence-electron chi connectivity index (χ3n) is 4.40. The average molecular weight is 330 g/mol. The summed E-state index contributed by atoms with van der Waals surface area (Å²) in [4.78, 5) is 0. The fourth-order valence-electron chi connectivity index (χ4n) is 3.13. The molecule has 5 heteroatoms. The van der Waals surface area contributed by atoms with E-state index in [9.17, 15) is 8.42 Å². The molecule has 0 aromatic heterocycles. The minimum Gasteiger partial charge on any atom is -0.212 e. The van der Waals surface area contributed by atoms with E-state index in [2.05, 4.69) is 13.8 Å². The second-order valence-corrected chi connectivity index (χ2v) is 8.53. The summed E-state index contributed by atoms with van der Waals surface area (Å²) in [6, 6.07) is 7.59. The molecular formula is C16H24ClNO2S. The lowest BCUT2D eigenvalue weighted by Crippen LogP contribution is -2.49. The highest BCUT2D eigenvalue weighted by Gasteiger charge is 2.36. The molecular weight excluding hydrogens is 306 g/mol. The second-order valence-electron chi connectivity index (χ2n) is 6.34. The van der Waals surface area contributed by atoms with Gasteiger partial charge in [-0.1, -0.05) is 38.1 Å². The summed E-state index contributed by atoms with van der Waals surface area (Å²) in [5.41, 5.74) is 1.77. The highest BCUT2D eigenvalue weighted by molar-refractivity contribution is 7.88. The van der Waals surface area contributed by atoms with Crippen molar-refractivity contribution in [1.82, 2.24) is 4.31 Å². The molecule has 118 valence electrons. The van der Waals surface area contributed by atoms with Crippen molar-refractivity contribution >= 4 is 21.6 Å². The van der Waals surface area contributed by atoms with Crippen LogP contribution in [0, 0.1) is 11.8 Å². The van der Waals surface area contributed by atoms with E-state index in [0.29, 0.717) is 24.3 Å². The van der Waals surface area contributed by atoms with Crippen LogP contribution in [-0.4, -0.2) is 25.3 Å². The smallest absolute Gasteiger partial charge is 0.212 e. The standard InChI is InChI=1S/C16H24ClNO2S/c1-12-7-13(2)14(3)18(10-12)21(19,20)11-16-6-4-5-15(8-16)9-17/h4-6,8,12-14H,7,9-11H2,1-3H3. The van der Waals surface area contributed by atoms with Gasteiger partial charge in [0.1, 0.15) is 0 Å². The Bertz CT molecular complexity index is 588. The van der Waals surface area contributed by atoms with Crippen molar-refractivity contribution < 1.29 is 8.42 Å². The van der Waals surface area contributed by atoms with Gasteiger partial charge >= 0.3 is 0 Å². The highest BCUT2D eigenvalue weighted by atomic mass is 35.5. The van der Waals surface area contributed by atoms with Crippen molar-refractivity contribution in [2.24, 2.45) is 11.8 Å². The van der Waals surface area contributed by atoms with Crippen LogP contribution in [0.15, 0.2) is 24.3 Å². The molecule has 0 spiro atoms. The van der Waals surface area contributed by atoms with E-state index in [1.54, 1.807) is 4.31 Å². The lowest BCUT2D eigenvalue weighted by molar-refractivity contribution is 0.157. The zero-order valence-corrected chi connectivity index (χ0v) is 14.5. The predicted octanol–water partition coefficient (Wildman–Crippen LogP) is 3.62. The normalized spacial score (nSPS) is 27.7. The summed E-state index contributed by atoms with van der Waals surface area (Å²) < 4.78 is 27.2. The molecule has 1 heterocycles. The minimum atomic E-state index is -3.29. The molecule has 1 aliphatic heterocycles. The summed E-state index contributed by atoms with van der Waals surface area (Å²) >= 11 is 5.82. The molecule has 3 unspecified atom stereocenters. The molecule has 1 aromatic rings. The van der Waals surface area contributed by atoms with Crippen LogP contribution in [0.5, 0.6) is 0 Å². The summed E-state index contributed by atoms with van der Waals surface area (Å²) in [7, 11) is -3.29. The Hall–Kier alpha value is -0.580. The SMILES string of the molecule is CC1CC(C)C(C)N(S(=O)(=O)Cc2cccc(CCl)c2)C1. The quantitative estimate of drug-likeness (QED) is 0.791. The van der Waals surface area contributed by atoms with E-state index in [1.165, 1.54) is 0 Å². The van der Waals surface area contributed by atoms with E-state index in [0.717, 1.165) is 17.5 Å². The van der Waals surface area contributed by atoms with Crippen molar-refractivity contribution in [3.05, 3.63) is 35.4 Å². The Morgan fingerprint density at radius 3 is 2.57 bits per heavy atom. The van der Waals surface area contributed by atoms with Gasteiger partial charge in [0.25, 0.3) is 0 Å². The van der Waals surface area contributed by atoms with Gasteiger partial charge < -0.3 is 0 Å². The number of benzene rings is 1. The first-order valence-corrected chi connectivity index (χ1v) is 9.61. The van der Waals surface area contributed by atoms with Gasteiger partial charge in [-0.15, -0.1) is 11.6 Å². The molecule has 0 bridgehead atoms. The maximum Gasteiger partial charge on any atom is 0.218 e. The molecule has 1 saturated heterocycles. The average Bonchev–Trinajstić information content (AvgIpc) is 2.42. The van der Waals surface area contributed by atoms with Crippen molar-refractivity contribution in [2.45, 2.75) is 44.9 Å². The van der Waals surface area contributed by atoms with Gasteiger partial charge in [-0.25, -0.2) is 8.42 Å². The molecule has 2 rings (SSSR count). The Labute approximate surface area is 133 Å². The first-order valence-electron chi connectivity index (χ1n) is 7.46. The minimum absolute atomic E-state index is 0.0571. The van der Waals surface area contributed by atoms with Crippen molar-refractivity contribution in [1.29, 1.82) is 0 Å². The van der Waals surface area contributed by atoms with Crippen molar-refractivity contribution in [3.63, 3.8) is 0 Å². The van der Waals surface area contributed by atoms with Gasteiger partial charge in [-0.05, 0) is 36.3 Å². The lowest BCUT2D eigenvalue weighted by atomic mass is 9.88. The number of halogens is 1. The van der Waals surface area contributed by atoms with Gasteiger partial charge in [0, 0.05) is 18.5 Å². The Morgan fingerprint density at radius 2 is 1.90 bits per heavy atom. The van der Waals surface area contributed by atoms with Crippen LogP contribution in [0.4, 0.5) is 0 Å². The third-order valence-corrected chi connectivity index (χ3v) is 6.60. The van der Waals surface area contributed by atoms with Crippen LogP contribution < -0.4 is 0 Å². The number of alkyl halides is 1. The van der Waals surface area contributed by atoms with Gasteiger partial charge in [-0.2, -0.15) is 4.31 Å². The molecule has 1 fully saturated rings. The van der Waals surface area contributed by atoms with Crippen molar-refractivity contribution in [3.8, 4) is 0 Å². The molecule has 0 amide bonds. The largest absolute Gasteiger partial charge is 0.218 e. The van der Waals surface area contributed by atoms with Gasteiger partial charge in [0.2, 0.25) is 10.0 Å². The molecule has 1 aliphatic rings. The molecule has 21 heavy (non-hydrogen) atoms. The van der Waals surface area contributed by atoms with Crippen molar-refractivity contribution in [2.75, 3.05) is 6.54 Å². The fraction of sp³-hybridized carbons (Fsp3) is 0.625. The number of piperidine rings is 1. The fourth-order valence-corrected chi connectivity index (χ4v) is 5.26. The topological polar surface area (TPSA) is 37.4 Å². The summed E-state index contributed by atoms with van der Waals surface area (Å²) in [5.74, 6) is 1.28. The predicted molar refractivity (Wildman–Crippen MR) is 87.7 cm³/mol. The molecule has 0 radical (unpaired) electrons. The molecule has 1 aromatic carbocycles. The lowest BCUT2D eigenvalue weighted by Gasteiger charge is -2.40. The molecule has 0 saturated carbocycles. The van der Waals surface area contributed by atoms with Crippen LogP contribution in [-0.2, 0) is 21.7 Å². The van der Waals surface area contributed by atoms with Crippen LogP contribution in [0.25, 0.3) is 0 Å². The maximum absolute atomic E-state index is 12.7. The van der Waals surface area contributed by atoms with Crippen LogP contribution in [0.3, 0.4) is 0 Å². The summed E-state index contributed by atoms with van der Waals surface area (Å²) in [5, 5.41) is 0. The van der Waals surface area contributed by atoms with E-state index in [-0.39, 0.29) is 11.8 Å². The first kappa shape index (κ1) is 16.8. The van der Waals surface area contributed by atoms with Gasteiger partial charge in [-0.3, -0.25) is 0 Å². The number of hydrogen-bond donors (Lipinski definition) is 0. The van der Waals surface area contributed by atoms with Gasteiger partial charge in [0.05, 0.1) is 5.75 Å². The van der Waals surface area contributed by atoms with Gasteiger partial charge in [0.15, 0.2) is 0 Å². The van der Waals surface area contributed by atoms with Crippen LogP contribution >= 0.6 is 11.6 Å². The zero-order chi connectivity index (χ0) is 15.6. The number of sulfonamides is 1. The third kappa shape index (κ3) is 3.99. The number of nitrogens with zero attached hydrogens (tertiary/aromatic N) is 1. The Kier molecular flexibility index (Phi) is 5.33.